The van der Waals surface area contributed by atoms with E-state index in [-0.39, 0.29) is 5.95 Å². The summed E-state index contributed by atoms with van der Waals surface area (Å²) < 4.78 is 0. The molecule has 1 saturated heterocycles. The molecular weight excluding hydrogens is 266 g/mol. The van der Waals surface area contributed by atoms with Crippen LogP contribution in [0.5, 0.6) is 0 Å². The minimum absolute atomic E-state index is 0.257. The lowest BCUT2D eigenvalue weighted by Crippen LogP contribution is -2.22. The van der Waals surface area contributed by atoms with Crippen molar-refractivity contribution in [2.45, 2.75) is 19.3 Å². The molecule has 3 N–H and O–H groups in total. The third kappa shape index (κ3) is 3.56. The summed E-state index contributed by atoms with van der Waals surface area (Å²) in [6, 6.07) is 5.89. The van der Waals surface area contributed by atoms with Crippen LogP contribution < -0.4 is 16.0 Å². The average Bonchev–Trinajstić information content (AvgIpc) is 3.02. The van der Waals surface area contributed by atoms with Gasteiger partial charge in [0.1, 0.15) is 0 Å². The Morgan fingerprint density at radius 3 is 2.76 bits per heavy atom. The van der Waals surface area contributed by atoms with Gasteiger partial charge in [-0.1, -0.05) is 6.07 Å². The van der Waals surface area contributed by atoms with Crippen molar-refractivity contribution in [3.05, 3.63) is 30.1 Å². The van der Waals surface area contributed by atoms with E-state index in [1.165, 1.54) is 12.8 Å². The van der Waals surface area contributed by atoms with E-state index < -0.39 is 0 Å². The minimum atomic E-state index is 0.257. The quantitative estimate of drug-likeness (QED) is 0.849. The SMILES string of the molecule is Nc1nc(NCCc2ccccn2)nc(N2CCCC2)n1. The molecule has 7 heteroatoms. The van der Waals surface area contributed by atoms with E-state index in [2.05, 4.69) is 30.2 Å². The second-order valence-corrected chi connectivity index (χ2v) is 5.01. The fraction of sp³-hybridized carbons (Fsp3) is 0.429. The summed E-state index contributed by atoms with van der Waals surface area (Å²) in [7, 11) is 0. The zero-order valence-electron chi connectivity index (χ0n) is 11.9. The van der Waals surface area contributed by atoms with Gasteiger partial charge in [-0.2, -0.15) is 15.0 Å². The van der Waals surface area contributed by atoms with Gasteiger partial charge in [-0.3, -0.25) is 4.98 Å². The molecule has 1 aliphatic rings. The lowest BCUT2D eigenvalue weighted by atomic mass is 10.3. The Bertz CT molecular complexity index is 581. The van der Waals surface area contributed by atoms with Gasteiger partial charge in [-0.05, 0) is 25.0 Å². The summed E-state index contributed by atoms with van der Waals surface area (Å²) in [5, 5.41) is 3.19. The van der Waals surface area contributed by atoms with Crippen molar-refractivity contribution in [2.75, 3.05) is 35.6 Å². The van der Waals surface area contributed by atoms with Gasteiger partial charge in [0, 0.05) is 37.9 Å². The third-order valence-electron chi connectivity index (χ3n) is 3.42. The smallest absolute Gasteiger partial charge is 0.231 e. The Balaban J connectivity index is 1.62. The van der Waals surface area contributed by atoms with Crippen molar-refractivity contribution < 1.29 is 0 Å². The van der Waals surface area contributed by atoms with E-state index in [0.29, 0.717) is 18.4 Å². The molecule has 2 aromatic rings. The monoisotopic (exact) mass is 285 g/mol. The van der Waals surface area contributed by atoms with Gasteiger partial charge in [-0.15, -0.1) is 0 Å². The molecule has 0 atom stereocenters. The summed E-state index contributed by atoms with van der Waals surface area (Å²) in [6.07, 6.45) is 4.95. The molecule has 0 radical (unpaired) electrons. The van der Waals surface area contributed by atoms with Crippen LogP contribution in [0.3, 0.4) is 0 Å². The Kier molecular flexibility index (Phi) is 4.09. The number of rotatable bonds is 5. The molecule has 7 nitrogen and oxygen atoms in total. The highest BCUT2D eigenvalue weighted by Gasteiger charge is 2.16. The molecule has 0 unspecified atom stereocenters. The number of hydrogen-bond donors (Lipinski definition) is 2. The van der Waals surface area contributed by atoms with Crippen LogP contribution in [0.4, 0.5) is 17.8 Å². The zero-order chi connectivity index (χ0) is 14.5. The highest BCUT2D eigenvalue weighted by molar-refractivity contribution is 5.42. The Labute approximate surface area is 123 Å². The van der Waals surface area contributed by atoms with Crippen LogP contribution in [-0.2, 0) is 6.42 Å². The Hall–Kier alpha value is -2.44. The molecule has 0 amide bonds. The first-order valence-electron chi connectivity index (χ1n) is 7.21. The lowest BCUT2D eigenvalue weighted by Gasteiger charge is -2.16. The van der Waals surface area contributed by atoms with Crippen LogP contribution in [0, 0.1) is 0 Å². The number of pyridine rings is 1. The number of hydrogen-bond acceptors (Lipinski definition) is 7. The third-order valence-corrected chi connectivity index (χ3v) is 3.42. The second-order valence-electron chi connectivity index (χ2n) is 5.01. The molecule has 2 aromatic heterocycles. The van der Waals surface area contributed by atoms with Crippen molar-refractivity contribution >= 4 is 17.8 Å². The minimum Gasteiger partial charge on any atom is -0.368 e. The van der Waals surface area contributed by atoms with E-state index in [9.17, 15) is 0 Å². The molecule has 1 aliphatic heterocycles. The van der Waals surface area contributed by atoms with Crippen LogP contribution >= 0.6 is 0 Å². The average molecular weight is 285 g/mol. The first-order valence-corrected chi connectivity index (χ1v) is 7.21. The van der Waals surface area contributed by atoms with E-state index in [1.807, 2.05) is 18.2 Å². The lowest BCUT2D eigenvalue weighted by molar-refractivity contribution is 0.874. The molecule has 3 heterocycles. The van der Waals surface area contributed by atoms with E-state index in [1.54, 1.807) is 6.20 Å². The summed E-state index contributed by atoms with van der Waals surface area (Å²) in [5.41, 5.74) is 6.80. The second kappa shape index (κ2) is 6.34. The summed E-state index contributed by atoms with van der Waals surface area (Å²) in [6.45, 7) is 2.67. The maximum absolute atomic E-state index is 5.77. The number of aromatic nitrogens is 4. The maximum atomic E-state index is 5.77. The zero-order valence-corrected chi connectivity index (χ0v) is 11.9. The van der Waals surface area contributed by atoms with Crippen LogP contribution in [0.15, 0.2) is 24.4 Å². The molecule has 3 rings (SSSR count). The van der Waals surface area contributed by atoms with Gasteiger partial charge in [0.05, 0.1) is 0 Å². The van der Waals surface area contributed by atoms with Crippen LogP contribution in [0.1, 0.15) is 18.5 Å². The van der Waals surface area contributed by atoms with Crippen molar-refractivity contribution in [1.82, 2.24) is 19.9 Å². The van der Waals surface area contributed by atoms with Gasteiger partial charge < -0.3 is 16.0 Å². The highest BCUT2D eigenvalue weighted by Crippen LogP contribution is 2.17. The Morgan fingerprint density at radius 1 is 1.14 bits per heavy atom. The summed E-state index contributed by atoms with van der Waals surface area (Å²) >= 11 is 0. The van der Waals surface area contributed by atoms with Gasteiger partial charge >= 0.3 is 0 Å². The largest absolute Gasteiger partial charge is 0.368 e. The topological polar surface area (TPSA) is 92.8 Å². The van der Waals surface area contributed by atoms with Crippen LogP contribution in [0.2, 0.25) is 0 Å². The fourth-order valence-corrected chi connectivity index (χ4v) is 2.37. The molecule has 21 heavy (non-hydrogen) atoms. The fourth-order valence-electron chi connectivity index (χ4n) is 2.37. The van der Waals surface area contributed by atoms with Crippen molar-refractivity contribution in [3.63, 3.8) is 0 Å². The predicted octanol–water partition coefficient (Wildman–Crippen LogP) is 1.10. The molecule has 0 aromatic carbocycles. The van der Waals surface area contributed by atoms with Gasteiger partial charge in [0.25, 0.3) is 0 Å². The molecular formula is C14H19N7. The number of nitrogens with one attached hydrogen (secondary N) is 1. The predicted molar refractivity (Wildman–Crippen MR) is 82.1 cm³/mol. The number of nitrogens with two attached hydrogens (primary N) is 1. The number of nitrogens with zero attached hydrogens (tertiary/aromatic N) is 5. The van der Waals surface area contributed by atoms with E-state index >= 15 is 0 Å². The van der Waals surface area contributed by atoms with Crippen LogP contribution in [0.25, 0.3) is 0 Å². The van der Waals surface area contributed by atoms with Gasteiger partial charge in [0.2, 0.25) is 17.8 Å². The first kappa shape index (κ1) is 13.5. The Morgan fingerprint density at radius 2 is 2.00 bits per heavy atom. The molecule has 0 bridgehead atoms. The summed E-state index contributed by atoms with van der Waals surface area (Å²) in [5.74, 6) is 1.45. The molecule has 0 spiro atoms. The molecule has 0 aliphatic carbocycles. The number of nitrogen functional groups attached to an aromatic ring is 1. The standard InChI is InChI=1S/C14H19N7/c15-12-18-13(17-8-6-11-5-1-2-7-16-11)20-14(19-12)21-9-3-4-10-21/h1-2,5,7H,3-4,6,8-10H2,(H3,15,17,18,19,20). The molecule has 110 valence electrons. The normalized spacial score (nSPS) is 14.4. The number of anilines is 3. The maximum Gasteiger partial charge on any atom is 0.231 e. The van der Waals surface area contributed by atoms with E-state index in [0.717, 1.165) is 25.2 Å². The van der Waals surface area contributed by atoms with E-state index in [4.69, 9.17) is 5.73 Å². The van der Waals surface area contributed by atoms with Crippen molar-refractivity contribution in [1.29, 1.82) is 0 Å². The first-order chi connectivity index (χ1) is 10.3. The van der Waals surface area contributed by atoms with Gasteiger partial charge in [-0.25, -0.2) is 0 Å². The van der Waals surface area contributed by atoms with Crippen molar-refractivity contribution in [2.24, 2.45) is 0 Å². The molecule has 1 fully saturated rings. The van der Waals surface area contributed by atoms with Crippen LogP contribution in [-0.4, -0.2) is 39.6 Å². The summed E-state index contributed by atoms with van der Waals surface area (Å²) in [4.78, 5) is 19.2. The van der Waals surface area contributed by atoms with Crippen molar-refractivity contribution in [3.8, 4) is 0 Å². The highest BCUT2D eigenvalue weighted by atomic mass is 15.3. The van der Waals surface area contributed by atoms with Gasteiger partial charge in [0.15, 0.2) is 0 Å². The molecule has 0 saturated carbocycles.